The van der Waals surface area contributed by atoms with Crippen LogP contribution in [0.25, 0.3) is 0 Å². The lowest BCUT2D eigenvalue weighted by atomic mass is 10.4. The molecule has 0 bridgehead atoms. The molecule has 0 aliphatic carbocycles. The van der Waals surface area contributed by atoms with Crippen molar-refractivity contribution in [3.8, 4) is 0 Å². The van der Waals surface area contributed by atoms with Crippen molar-refractivity contribution < 1.29 is 5.11 Å². The fourth-order valence-corrected chi connectivity index (χ4v) is 1.11. The molecule has 1 heterocycles. The lowest BCUT2D eigenvalue weighted by Gasteiger charge is -2.08. The smallest absolute Gasteiger partial charge is 0.243 e. The van der Waals surface area contributed by atoms with Gasteiger partial charge in [-0.15, -0.1) is 5.10 Å². The van der Waals surface area contributed by atoms with Crippen molar-refractivity contribution in [2.75, 3.05) is 25.0 Å². The highest BCUT2D eigenvalue weighted by Gasteiger charge is 2.00. The third-order valence-corrected chi connectivity index (χ3v) is 2.12. The molecule has 0 saturated carbocycles. The van der Waals surface area contributed by atoms with Gasteiger partial charge in [-0.3, -0.25) is 0 Å². The summed E-state index contributed by atoms with van der Waals surface area (Å²) in [4.78, 5) is 4.24. The van der Waals surface area contributed by atoms with Crippen LogP contribution in [0.1, 0.15) is 18.3 Å². The van der Waals surface area contributed by atoms with Crippen LogP contribution in [0, 0.1) is 13.8 Å². The number of aliphatic hydroxyl groups excluding tert-OH is 1. The molecule has 1 atom stereocenters. The van der Waals surface area contributed by atoms with Crippen LogP contribution < -0.4 is 10.6 Å². The van der Waals surface area contributed by atoms with Crippen LogP contribution >= 0.6 is 0 Å². The minimum Gasteiger partial charge on any atom is -0.392 e. The highest BCUT2D eigenvalue weighted by Crippen LogP contribution is 2.00. The fourth-order valence-electron chi connectivity index (χ4n) is 1.11. The Morgan fingerprint density at radius 2 is 1.94 bits per heavy atom. The van der Waals surface area contributed by atoms with Gasteiger partial charge in [0, 0.05) is 19.6 Å². The molecule has 90 valence electrons. The second-order valence-electron chi connectivity index (χ2n) is 3.79. The first kappa shape index (κ1) is 12.8. The standard InChI is InChI=1S/C10H19N5O/c1-7(16)6-11-4-5-12-10-13-8(2)9(3)14-15-10/h7,11,16H,4-6H2,1-3H3,(H,12,13,15). The molecule has 1 aromatic rings. The molecule has 0 spiro atoms. The van der Waals surface area contributed by atoms with E-state index in [1.54, 1.807) is 6.92 Å². The number of anilines is 1. The van der Waals surface area contributed by atoms with Gasteiger partial charge in [0.05, 0.1) is 17.5 Å². The van der Waals surface area contributed by atoms with Gasteiger partial charge in [-0.05, 0) is 20.8 Å². The number of nitrogens with one attached hydrogen (secondary N) is 2. The zero-order chi connectivity index (χ0) is 12.0. The van der Waals surface area contributed by atoms with E-state index in [4.69, 9.17) is 5.11 Å². The van der Waals surface area contributed by atoms with Crippen molar-refractivity contribution in [1.82, 2.24) is 20.5 Å². The molecule has 0 radical (unpaired) electrons. The highest BCUT2D eigenvalue weighted by molar-refractivity contribution is 5.24. The van der Waals surface area contributed by atoms with Crippen molar-refractivity contribution in [2.45, 2.75) is 26.9 Å². The molecule has 0 amide bonds. The average Bonchev–Trinajstić information content (AvgIpc) is 2.22. The van der Waals surface area contributed by atoms with Crippen LogP contribution in [-0.4, -0.2) is 46.0 Å². The van der Waals surface area contributed by atoms with Gasteiger partial charge in [-0.25, -0.2) is 4.98 Å². The highest BCUT2D eigenvalue weighted by atomic mass is 16.3. The van der Waals surface area contributed by atoms with Crippen molar-refractivity contribution in [2.24, 2.45) is 0 Å². The molecule has 16 heavy (non-hydrogen) atoms. The van der Waals surface area contributed by atoms with E-state index in [2.05, 4.69) is 25.8 Å². The topological polar surface area (TPSA) is 83.0 Å². The Hall–Kier alpha value is -1.27. The van der Waals surface area contributed by atoms with E-state index in [0.717, 1.165) is 17.9 Å². The third kappa shape index (κ3) is 4.50. The molecule has 0 aromatic carbocycles. The van der Waals surface area contributed by atoms with Gasteiger partial charge < -0.3 is 15.7 Å². The van der Waals surface area contributed by atoms with Gasteiger partial charge >= 0.3 is 0 Å². The maximum Gasteiger partial charge on any atom is 0.243 e. The largest absolute Gasteiger partial charge is 0.392 e. The Morgan fingerprint density at radius 1 is 1.19 bits per heavy atom. The Labute approximate surface area is 95.5 Å². The first-order valence-corrected chi connectivity index (χ1v) is 5.40. The predicted molar refractivity (Wildman–Crippen MR) is 62.3 cm³/mol. The van der Waals surface area contributed by atoms with Crippen molar-refractivity contribution in [1.29, 1.82) is 0 Å². The summed E-state index contributed by atoms with van der Waals surface area (Å²) in [7, 11) is 0. The lowest BCUT2D eigenvalue weighted by Crippen LogP contribution is -2.29. The summed E-state index contributed by atoms with van der Waals surface area (Å²) in [5, 5.41) is 23.1. The SMILES string of the molecule is Cc1nnc(NCCNCC(C)O)nc1C. The molecular weight excluding hydrogens is 206 g/mol. The summed E-state index contributed by atoms with van der Waals surface area (Å²) in [5.74, 6) is 0.543. The predicted octanol–water partition coefficient (Wildman–Crippen LogP) is -0.129. The molecule has 1 rings (SSSR count). The quantitative estimate of drug-likeness (QED) is 0.585. The van der Waals surface area contributed by atoms with Gasteiger partial charge in [-0.1, -0.05) is 0 Å². The number of aliphatic hydroxyl groups is 1. The van der Waals surface area contributed by atoms with Gasteiger partial charge in [-0.2, -0.15) is 5.10 Å². The van der Waals surface area contributed by atoms with Crippen molar-refractivity contribution >= 4 is 5.95 Å². The fraction of sp³-hybridized carbons (Fsp3) is 0.700. The zero-order valence-electron chi connectivity index (χ0n) is 9.99. The molecule has 6 nitrogen and oxygen atoms in total. The molecule has 0 aliphatic heterocycles. The van der Waals surface area contributed by atoms with E-state index in [0.29, 0.717) is 19.0 Å². The first-order chi connectivity index (χ1) is 7.59. The minimum atomic E-state index is -0.320. The van der Waals surface area contributed by atoms with E-state index in [-0.39, 0.29) is 6.10 Å². The molecule has 3 N–H and O–H groups in total. The van der Waals surface area contributed by atoms with E-state index in [1.165, 1.54) is 0 Å². The maximum atomic E-state index is 9.02. The monoisotopic (exact) mass is 225 g/mol. The summed E-state index contributed by atoms with van der Waals surface area (Å²) >= 11 is 0. The van der Waals surface area contributed by atoms with Crippen molar-refractivity contribution in [3.63, 3.8) is 0 Å². The van der Waals surface area contributed by atoms with Crippen LogP contribution in [0.3, 0.4) is 0 Å². The summed E-state index contributed by atoms with van der Waals surface area (Å²) in [6.45, 7) is 7.58. The van der Waals surface area contributed by atoms with Crippen LogP contribution in [0.4, 0.5) is 5.95 Å². The minimum absolute atomic E-state index is 0.320. The number of nitrogens with zero attached hydrogens (tertiary/aromatic N) is 3. The van der Waals surface area contributed by atoms with Crippen molar-refractivity contribution in [3.05, 3.63) is 11.4 Å². The number of aryl methyl sites for hydroxylation is 2. The van der Waals surface area contributed by atoms with Crippen LogP contribution in [0.15, 0.2) is 0 Å². The normalized spacial score (nSPS) is 12.5. The van der Waals surface area contributed by atoms with E-state index in [9.17, 15) is 0 Å². The Bertz CT molecular complexity index is 329. The van der Waals surface area contributed by atoms with E-state index < -0.39 is 0 Å². The summed E-state index contributed by atoms with van der Waals surface area (Å²) < 4.78 is 0. The Kier molecular flexibility index (Phi) is 5.07. The zero-order valence-corrected chi connectivity index (χ0v) is 9.99. The van der Waals surface area contributed by atoms with Gasteiger partial charge in [0.2, 0.25) is 5.95 Å². The van der Waals surface area contributed by atoms with Crippen LogP contribution in [0.5, 0.6) is 0 Å². The van der Waals surface area contributed by atoms with E-state index in [1.807, 2.05) is 13.8 Å². The summed E-state index contributed by atoms with van der Waals surface area (Å²) in [6, 6.07) is 0. The summed E-state index contributed by atoms with van der Waals surface area (Å²) in [5.41, 5.74) is 1.73. The Balaban J connectivity index is 2.24. The number of hydrogen-bond donors (Lipinski definition) is 3. The van der Waals surface area contributed by atoms with E-state index >= 15 is 0 Å². The number of hydrogen-bond acceptors (Lipinski definition) is 6. The molecule has 1 unspecified atom stereocenters. The van der Waals surface area contributed by atoms with Crippen LogP contribution in [0.2, 0.25) is 0 Å². The second kappa shape index (κ2) is 6.34. The van der Waals surface area contributed by atoms with Gasteiger partial charge in [0.25, 0.3) is 0 Å². The maximum absolute atomic E-state index is 9.02. The van der Waals surface area contributed by atoms with Gasteiger partial charge in [0.15, 0.2) is 0 Å². The lowest BCUT2D eigenvalue weighted by molar-refractivity contribution is 0.192. The third-order valence-electron chi connectivity index (χ3n) is 2.12. The molecule has 0 aliphatic rings. The number of rotatable bonds is 6. The van der Waals surface area contributed by atoms with Gasteiger partial charge in [0.1, 0.15) is 0 Å². The Morgan fingerprint density at radius 3 is 2.56 bits per heavy atom. The number of aromatic nitrogens is 3. The molecule has 6 heteroatoms. The molecular formula is C10H19N5O. The molecule has 1 aromatic heterocycles. The second-order valence-corrected chi connectivity index (χ2v) is 3.79. The molecule has 0 fully saturated rings. The molecule has 0 saturated heterocycles. The average molecular weight is 225 g/mol. The first-order valence-electron chi connectivity index (χ1n) is 5.40. The van der Waals surface area contributed by atoms with Crippen LogP contribution in [-0.2, 0) is 0 Å². The summed E-state index contributed by atoms with van der Waals surface area (Å²) in [6.07, 6.45) is -0.320.